The van der Waals surface area contributed by atoms with Crippen molar-refractivity contribution in [2.75, 3.05) is 34.7 Å². The number of rotatable bonds is 4. The summed E-state index contributed by atoms with van der Waals surface area (Å²) in [5, 5.41) is 0. The van der Waals surface area contributed by atoms with Crippen molar-refractivity contribution >= 4 is 0 Å². The molecule has 0 amide bonds. The van der Waals surface area contributed by atoms with Gasteiger partial charge in [0.05, 0.1) is 11.7 Å². The van der Waals surface area contributed by atoms with Gasteiger partial charge in [-0.2, -0.15) is 0 Å². The van der Waals surface area contributed by atoms with Gasteiger partial charge in [0, 0.05) is 29.2 Å². The van der Waals surface area contributed by atoms with Gasteiger partial charge in [0.25, 0.3) is 0 Å². The number of hydrogen-bond acceptors (Lipinski definition) is 3. The van der Waals surface area contributed by atoms with Crippen molar-refractivity contribution < 1.29 is 16.5 Å². The second kappa shape index (κ2) is 6.94. The predicted molar refractivity (Wildman–Crippen MR) is 59.2 cm³/mol. The summed E-state index contributed by atoms with van der Waals surface area (Å²) in [6.07, 6.45) is 1.85. The molecule has 4 heteroatoms. The van der Waals surface area contributed by atoms with E-state index < -0.39 is 0 Å². The monoisotopic (exact) mass is 251 g/mol. The SMILES string of the molecule is CN(C)CC(c1ccccn1)N(C)C.[Ni]. The minimum atomic E-state index is 0. The number of nitrogens with zero attached hydrogens (tertiary/aromatic N) is 3. The van der Waals surface area contributed by atoms with E-state index in [0.29, 0.717) is 6.04 Å². The van der Waals surface area contributed by atoms with Crippen LogP contribution in [0.25, 0.3) is 0 Å². The molecule has 0 N–H and O–H groups in total. The van der Waals surface area contributed by atoms with Crippen molar-refractivity contribution in [2.24, 2.45) is 0 Å². The van der Waals surface area contributed by atoms with Crippen LogP contribution in [0.5, 0.6) is 0 Å². The molecule has 1 rings (SSSR count). The summed E-state index contributed by atoms with van der Waals surface area (Å²) in [6.45, 7) is 0.990. The van der Waals surface area contributed by atoms with Crippen molar-refractivity contribution in [3.8, 4) is 0 Å². The molecular formula is C11H19N3Ni. The Balaban J connectivity index is 0.00000196. The molecule has 88 valence electrons. The molecule has 1 atom stereocenters. The molecule has 0 saturated heterocycles. The summed E-state index contributed by atoms with van der Waals surface area (Å²) in [7, 11) is 8.34. The average Bonchev–Trinajstić information content (AvgIpc) is 2.15. The van der Waals surface area contributed by atoms with E-state index in [1.54, 1.807) is 0 Å². The third-order valence-corrected chi connectivity index (χ3v) is 2.19. The minimum absolute atomic E-state index is 0. The summed E-state index contributed by atoms with van der Waals surface area (Å²) in [4.78, 5) is 8.76. The van der Waals surface area contributed by atoms with Gasteiger partial charge >= 0.3 is 0 Å². The van der Waals surface area contributed by atoms with E-state index in [9.17, 15) is 0 Å². The van der Waals surface area contributed by atoms with E-state index in [2.05, 4.69) is 49.0 Å². The van der Waals surface area contributed by atoms with Crippen molar-refractivity contribution in [2.45, 2.75) is 6.04 Å². The Hall–Kier alpha value is -0.436. The molecule has 1 aromatic heterocycles. The van der Waals surface area contributed by atoms with Gasteiger partial charge < -0.3 is 4.90 Å². The first-order valence-electron chi connectivity index (χ1n) is 4.83. The maximum atomic E-state index is 4.39. The largest absolute Gasteiger partial charge is 0.307 e. The molecule has 1 aromatic rings. The van der Waals surface area contributed by atoms with E-state index in [-0.39, 0.29) is 16.5 Å². The van der Waals surface area contributed by atoms with Crippen LogP contribution < -0.4 is 0 Å². The molecular weight excluding hydrogens is 233 g/mol. The number of hydrogen-bond donors (Lipinski definition) is 0. The van der Waals surface area contributed by atoms with Crippen LogP contribution in [0.1, 0.15) is 11.7 Å². The van der Waals surface area contributed by atoms with E-state index in [0.717, 1.165) is 12.2 Å². The Morgan fingerprint density at radius 3 is 2.27 bits per heavy atom. The van der Waals surface area contributed by atoms with Gasteiger partial charge in [0.1, 0.15) is 0 Å². The Kier molecular flexibility index (Phi) is 6.74. The van der Waals surface area contributed by atoms with Crippen LogP contribution >= 0.6 is 0 Å². The van der Waals surface area contributed by atoms with Crippen molar-refractivity contribution in [1.82, 2.24) is 14.8 Å². The van der Waals surface area contributed by atoms with Crippen molar-refractivity contribution in [3.05, 3.63) is 30.1 Å². The average molecular weight is 252 g/mol. The van der Waals surface area contributed by atoms with Gasteiger partial charge in [0.2, 0.25) is 0 Å². The quantitative estimate of drug-likeness (QED) is 0.751. The van der Waals surface area contributed by atoms with Crippen LogP contribution in [0.3, 0.4) is 0 Å². The van der Waals surface area contributed by atoms with Gasteiger partial charge in [-0.25, -0.2) is 0 Å². The van der Waals surface area contributed by atoms with Gasteiger partial charge in [0.15, 0.2) is 0 Å². The summed E-state index contributed by atoms with van der Waals surface area (Å²) in [5.74, 6) is 0. The first kappa shape index (κ1) is 14.6. The molecule has 0 aromatic carbocycles. The van der Waals surface area contributed by atoms with Crippen LogP contribution in [0.2, 0.25) is 0 Å². The molecule has 0 radical (unpaired) electrons. The third kappa shape index (κ3) is 4.74. The molecule has 0 spiro atoms. The Morgan fingerprint density at radius 1 is 1.20 bits per heavy atom. The first-order valence-corrected chi connectivity index (χ1v) is 4.83. The fourth-order valence-corrected chi connectivity index (χ4v) is 1.44. The van der Waals surface area contributed by atoms with E-state index in [1.165, 1.54) is 0 Å². The molecule has 0 aliphatic heterocycles. The Bertz CT molecular complexity index is 262. The molecule has 15 heavy (non-hydrogen) atoms. The fraction of sp³-hybridized carbons (Fsp3) is 0.545. The molecule has 1 heterocycles. The molecule has 1 unspecified atom stereocenters. The molecule has 0 bridgehead atoms. The smallest absolute Gasteiger partial charge is 0.0644 e. The van der Waals surface area contributed by atoms with Crippen LogP contribution in [0.4, 0.5) is 0 Å². The number of pyridine rings is 1. The first-order chi connectivity index (χ1) is 6.61. The summed E-state index contributed by atoms with van der Waals surface area (Å²) >= 11 is 0. The summed E-state index contributed by atoms with van der Waals surface area (Å²) in [5.41, 5.74) is 1.13. The standard InChI is InChI=1S/C11H19N3.Ni/c1-13(2)9-11(14(3)4)10-7-5-6-8-12-10;/h5-8,11H,9H2,1-4H3;. The third-order valence-electron chi connectivity index (χ3n) is 2.19. The molecule has 0 aliphatic rings. The van der Waals surface area contributed by atoms with Crippen molar-refractivity contribution in [1.29, 1.82) is 0 Å². The summed E-state index contributed by atoms with van der Waals surface area (Å²) in [6, 6.07) is 6.43. The van der Waals surface area contributed by atoms with Gasteiger partial charge in [-0.3, -0.25) is 9.88 Å². The second-order valence-electron chi connectivity index (χ2n) is 4.00. The van der Waals surface area contributed by atoms with Crippen LogP contribution in [-0.4, -0.2) is 49.5 Å². The minimum Gasteiger partial charge on any atom is -0.307 e. The maximum Gasteiger partial charge on any atom is 0.0644 e. The number of aromatic nitrogens is 1. The van der Waals surface area contributed by atoms with E-state index >= 15 is 0 Å². The zero-order chi connectivity index (χ0) is 10.6. The van der Waals surface area contributed by atoms with Crippen LogP contribution in [0, 0.1) is 0 Å². The van der Waals surface area contributed by atoms with Crippen LogP contribution in [-0.2, 0) is 16.5 Å². The Morgan fingerprint density at radius 2 is 1.87 bits per heavy atom. The van der Waals surface area contributed by atoms with E-state index in [4.69, 9.17) is 0 Å². The molecule has 3 nitrogen and oxygen atoms in total. The molecule has 0 saturated carbocycles. The summed E-state index contributed by atoms with van der Waals surface area (Å²) < 4.78 is 0. The molecule has 0 aliphatic carbocycles. The van der Waals surface area contributed by atoms with Crippen molar-refractivity contribution in [3.63, 3.8) is 0 Å². The van der Waals surface area contributed by atoms with Gasteiger partial charge in [-0.05, 0) is 40.3 Å². The van der Waals surface area contributed by atoms with Gasteiger partial charge in [-0.1, -0.05) is 6.07 Å². The fourth-order valence-electron chi connectivity index (χ4n) is 1.44. The van der Waals surface area contributed by atoms with Gasteiger partial charge in [-0.15, -0.1) is 0 Å². The second-order valence-corrected chi connectivity index (χ2v) is 4.00. The zero-order valence-corrected chi connectivity index (χ0v) is 10.7. The van der Waals surface area contributed by atoms with E-state index in [1.807, 2.05) is 18.3 Å². The zero-order valence-electron chi connectivity index (χ0n) is 9.75. The Labute approximate surface area is 102 Å². The normalized spacial score (nSPS) is 12.7. The number of likely N-dealkylation sites (N-methyl/N-ethyl adjacent to an activating group) is 2. The topological polar surface area (TPSA) is 19.4 Å². The van der Waals surface area contributed by atoms with Crippen LogP contribution in [0.15, 0.2) is 24.4 Å². The maximum absolute atomic E-state index is 4.39. The molecule has 0 fully saturated rings. The predicted octanol–water partition coefficient (Wildman–Crippen LogP) is 1.24.